The lowest BCUT2D eigenvalue weighted by atomic mass is 9.83. The fourth-order valence-electron chi connectivity index (χ4n) is 5.05. The molecule has 0 aromatic heterocycles. The number of esters is 2. The van der Waals surface area contributed by atoms with Crippen LogP contribution in [-0.2, 0) is 14.3 Å². The van der Waals surface area contributed by atoms with E-state index in [0.29, 0.717) is 34.2 Å². The Balaban J connectivity index is 1.85. The van der Waals surface area contributed by atoms with Gasteiger partial charge in [-0.2, -0.15) is 0 Å². The van der Waals surface area contributed by atoms with Crippen molar-refractivity contribution < 1.29 is 23.9 Å². The number of rotatable bonds is 7. The van der Waals surface area contributed by atoms with E-state index in [1.165, 1.54) is 0 Å². The third kappa shape index (κ3) is 3.22. The van der Waals surface area contributed by atoms with Crippen molar-refractivity contribution in [1.29, 1.82) is 0 Å². The van der Waals surface area contributed by atoms with Crippen LogP contribution in [0.4, 0.5) is 0 Å². The van der Waals surface area contributed by atoms with Gasteiger partial charge >= 0.3 is 11.9 Å². The Kier molecular flexibility index (Phi) is 5.97. The summed E-state index contributed by atoms with van der Waals surface area (Å²) in [4.78, 5) is 40.8. The van der Waals surface area contributed by atoms with Gasteiger partial charge in [-0.25, -0.2) is 0 Å². The molecule has 1 saturated carbocycles. The highest BCUT2D eigenvalue weighted by atomic mass is 79.9. The summed E-state index contributed by atoms with van der Waals surface area (Å²) in [7, 11) is 0. The molecule has 0 saturated heterocycles. The zero-order valence-corrected chi connectivity index (χ0v) is 20.5. The van der Waals surface area contributed by atoms with Crippen LogP contribution in [0.25, 0.3) is 0 Å². The quantitative estimate of drug-likeness (QED) is 0.195. The molecule has 1 fully saturated rings. The largest absolute Gasteiger partial charge is 0.465 e. The van der Waals surface area contributed by atoms with E-state index in [1.807, 2.05) is 26.8 Å². The van der Waals surface area contributed by atoms with E-state index in [-0.39, 0.29) is 18.8 Å². The van der Waals surface area contributed by atoms with Gasteiger partial charge in [-0.3, -0.25) is 14.4 Å². The molecule has 1 aliphatic heterocycles. The summed E-state index contributed by atoms with van der Waals surface area (Å²) in [5.41, 5.74) is -1.95. The molecular formula is C25H24BrClO5. The fraction of sp³-hybridized carbons (Fsp3) is 0.400. The SMILES string of the molecule is CC[C@]1(C(=O)c2ccc(Cl)cc2)[C@H]2c3cc(Br)ccc3OC(=O)[C@]21C(=O)OCCC(C)C. The van der Waals surface area contributed by atoms with Crippen LogP contribution in [0.2, 0.25) is 5.02 Å². The van der Waals surface area contributed by atoms with E-state index < -0.39 is 28.7 Å². The van der Waals surface area contributed by atoms with E-state index in [1.54, 1.807) is 36.4 Å². The summed E-state index contributed by atoms with van der Waals surface area (Å²) >= 11 is 9.46. The monoisotopic (exact) mass is 518 g/mol. The molecule has 2 aromatic carbocycles. The normalized spacial score (nSPS) is 25.6. The first-order valence-electron chi connectivity index (χ1n) is 10.7. The van der Waals surface area contributed by atoms with Gasteiger partial charge in [-0.05, 0) is 61.2 Å². The third-order valence-corrected chi connectivity index (χ3v) is 7.42. The van der Waals surface area contributed by atoms with Crippen molar-refractivity contribution in [2.75, 3.05) is 6.61 Å². The Bertz CT molecular complexity index is 1100. The molecule has 2 aliphatic rings. The first kappa shape index (κ1) is 23.0. The Labute approximate surface area is 200 Å². The minimum Gasteiger partial charge on any atom is -0.465 e. The summed E-state index contributed by atoms with van der Waals surface area (Å²) in [6.07, 6.45) is 0.938. The van der Waals surface area contributed by atoms with Gasteiger partial charge in [-0.15, -0.1) is 0 Å². The molecule has 0 unspecified atom stereocenters. The maximum Gasteiger partial charge on any atom is 0.330 e. The summed E-state index contributed by atoms with van der Waals surface area (Å²) in [6.45, 7) is 6.04. The first-order valence-corrected chi connectivity index (χ1v) is 11.9. The van der Waals surface area contributed by atoms with Crippen molar-refractivity contribution in [1.82, 2.24) is 0 Å². The molecule has 32 heavy (non-hydrogen) atoms. The molecule has 0 bridgehead atoms. The average molecular weight is 520 g/mol. The lowest BCUT2D eigenvalue weighted by Gasteiger charge is -2.23. The van der Waals surface area contributed by atoms with E-state index in [9.17, 15) is 14.4 Å². The van der Waals surface area contributed by atoms with Gasteiger partial charge < -0.3 is 9.47 Å². The zero-order valence-electron chi connectivity index (χ0n) is 18.1. The van der Waals surface area contributed by atoms with Crippen molar-refractivity contribution in [2.45, 2.75) is 39.5 Å². The molecule has 0 spiro atoms. The van der Waals surface area contributed by atoms with Crippen molar-refractivity contribution in [3.8, 4) is 5.75 Å². The van der Waals surface area contributed by atoms with E-state index >= 15 is 0 Å². The molecule has 2 aromatic rings. The topological polar surface area (TPSA) is 69.7 Å². The van der Waals surface area contributed by atoms with E-state index in [2.05, 4.69) is 15.9 Å². The van der Waals surface area contributed by atoms with Crippen LogP contribution >= 0.6 is 27.5 Å². The molecule has 0 amide bonds. The van der Waals surface area contributed by atoms with Crippen molar-refractivity contribution in [2.24, 2.45) is 16.7 Å². The summed E-state index contributed by atoms with van der Waals surface area (Å²) < 4.78 is 12.0. The predicted molar refractivity (Wildman–Crippen MR) is 124 cm³/mol. The second-order valence-electron chi connectivity index (χ2n) is 8.79. The molecule has 168 valence electrons. The minimum atomic E-state index is -1.71. The van der Waals surface area contributed by atoms with Crippen LogP contribution in [0.15, 0.2) is 46.9 Å². The van der Waals surface area contributed by atoms with Crippen molar-refractivity contribution in [3.05, 3.63) is 63.1 Å². The Morgan fingerprint density at radius 1 is 1.19 bits per heavy atom. The highest BCUT2D eigenvalue weighted by Gasteiger charge is 2.90. The number of fused-ring (bicyclic) bond motifs is 3. The number of Topliss-reactive ketones (excluding diaryl/α,β-unsaturated/α-hetero) is 1. The highest BCUT2D eigenvalue weighted by molar-refractivity contribution is 9.10. The Morgan fingerprint density at radius 2 is 1.88 bits per heavy atom. The summed E-state index contributed by atoms with van der Waals surface area (Å²) in [5, 5.41) is 0.497. The number of ketones is 1. The highest BCUT2D eigenvalue weighted by Crippen LogP contribution is 2.80. The predicted octanol–water partition coefficient (Wildman–Crippen LogP) is 5.97. The van der Waals surface area contributed by atoms with Crippen LogP contribution in [0, 0.1) is 16.7 Å². The molecule has 4 rings (SSSR count). The number of hydrogen-bond acceptors (Lipinski definition) is 5. The maximum atomic E-state index is 13.9. The van der Waals surface area contributed by atoms with Crippen molar-refractivity contribution >= 4 is 45.3 Å². The Morgan fingerprint density at radius 3 is 2.50 bits per heavy atom. The second-order valence-corrected chi connectivity index (χ2v) is 10.1. The standard InChI is InChI=1S/C25H24BrClO5/c1-4-24(21(28)15-5-8-17(27)9-6-15)20-18-13-16(26)7-10-19(18)32-23(30)25(20,24)22(29)31-12-11-14(2)3/h5-10,13-14,20H,4,11-12H2,1-3H3/t20-,24-,25-/m1/s1. The Hall–Kier alpha value is -2.18. The molecule has 1 aliphatic carbocycles. The van der Waals surface area contributed by atoms with E-state index in [4.69, 9.17) is 21.1 Å². The van der Waals surface area contributed by atoms with Gasteiger partial charge in [0.25, 0.3) is 0 Å². The van der Waals surface area contributed by atoms with Gasteiger partial charge in [0, 0.05) is 26.5 Å². The van der Waals surface area contributed by atoms with Gasteiger partial charge in [0.05, 0.1) is 12.0 Å². The van der Waals surface area contributed by atoms with Gasteiger partial charge in [0.15, 0.2) is 11.2 Å². The van der Waals surface area contributed by atoms with Crippen molar-refractivity contribution in [3.63, 3.8) is 0 Å². The van der Waals surface area contributed by atoms with Crippen LogP contribution in [0.5, 0.6) is 5.75 Å². The molecule has 1 heterocycles. The number of benzene rings is 2. The molecule has 5 nitrogen and oxygen atoms in total. The fourth-order valence-corrected chi connectivity index (χ4v) is 5.55. The van der Waals surface area contributed by atoms with E-state index in [0.717, 1.165) is 4.47 Å². The summed E-state index contributed by atoms with van der Waals surface area (Å²) in [5.74, 6) is -1.67. The number of carbonyl (C=O) groups is 3. The first-order chi connectivity index (χ1) is 15.2. The average Bonchev–Trinajstić information content (AvgIpc) is 3.41. The van der Waals surface area contributed by atoms with Gasteiger partial charge in [0.1, 0.15) is 5.75 Å². The number of hydrogen-bond donors (Lipinski definition) is 0. The van der Waals surface area contributed by atoms with Gasteiger partial charge in [0.2, 0.25) is 0 Å². The van der Waals surface area contributed by atoms with Crippen LogP contribution in [-0.4, -0.2) is 24.3 Å². The third-order valence-electron chi connectivity index (χ3n) is 6.67. The molecule has 3 atom stereocenters. The minimum absolute atomic E-state index is 0.179. The molecular weight excluding hydrogens is 496 g/mol. The second kappa shape index (κ2) is 8.31. The zero-order chi connectivity index (χ0) is 23.3. The lowest BCUT2D eigenvalue weighted by molar-refractivity contribution is -0.162. The van der Waals surface area contributed by atoms with Crippen LogP contribution in [0.1, 0.15) is 55.5 Å². The van der Waals surface area contributed by atoms with Gasteiger partial charge in [-0.1, -0.05) is 48.3 Å². The molecule has 7 heteroatoms. The lowest BCUT2D eigenvalue weighted by Crippen LogP contribution is -2.41. The summed E-state index contributed by atoms with van der Waals surface area (Å²) in [6, 6.07) is 11.7. The molecule has 0 N–H and O–H groups in total. The van der Waals surface area contributed by atoms with Crippen LogP contribution < -0.4 is 4.74 Å². The number of halogens is 2. The van der Waals surface area contributed by atoms with Crippen LogP contribution in [0.3, 0.4) is 0 Å². The number of ether oxygens (including phenoxy) is 2. The molecule has 0 radical (unpaired) electrons. The number of carbonyl (C=O) groups excluding carboxylic acids is 3. The maximum absolute atomic E-state index is 13.9. The smallest absolute Gasteiger partial charge is 0.330 e.